The molecule has 1 amide bonds. The molecular weight excluding hydrogens is 448 g/mol. The van der Waals surface area contributed by atoms with Crippen molar-refractivity contribution in [2.45, 2.75) is 13.8 Å². The van der Waals surface area contributed by atoms with Gasteiger partial charge in [-0.3, -0.25) is 4.79 Å². The standard InChI is InChI=1S/C26H28N4O3S/c1-6-32-23-14-18(11-12-22(23)33-15-24(31)29(3)4)13-19(26-27-17(2)16-34-26)25-28-20-9-7-8-10-21(20)30(25)5/h7-14,16H,6,15H2,1-5H3. The Morgan fingerprint density at radius 2 is 1.91 bits per heavy atom. The molecule has 0 aliphatic heterocycles. The number of aromatic nitrogens is 3. The molecule has 0 aliphatic rings. The number of ether oxygens (including phenoxy) is 2. The fourth-order valence-corrected chi connectivity index (χ4v) is 4.33. The quantitative estimate of drug-likeness (QED) is 0.366. The molecule has 0 bridgehead atoms. The highest BCUT2D eigenvalue weighted by molar-refractivity contribution is 7.11. The van der Waals surface area contributed by atoms with Crippen LogP contribution in [0.5, 0.6) is 11.5 Å². The molecule has 0 N–H and O–H groups in total. The van der Waals surface area contributed by atoms with Crippen LogP contribution in [-0.4, -0.2) is 52.7 Å². The molecule has 4 aromatic rings. The van der Waals surface area contributed by atoms with Gasteiger partial charge in [0.05, 0.1) is 23.2 Å². The minimum Gasteiger partial charge on any atom is -0.490 e. The molecule has 0 radical (unpaired) electrons. The summed E-state index contributed by atoms with van der Waals surface area (Å²) in [5.74, 6) is 1.84. The first-order chi connectivity index (χ1) is 16.4. The number of imidazole rings is 1. The van der Waals surface area contributed by atoms with E-state index in [4.69, 9.17) is 19.4 Å². The van der Waals surface area contributed by atoms with Crippen molar-refractivity contribution in [3.63, 3.8) is 0 Å². The van der Waals surface area contributed by atoms with Crippen LogP contribution in [0.1, 0.15) is 29.0 Å². The van der Waals surface area contributed by atoms with Crippen LogP contribution < -0.4 is 9.47 Å². The van der Waals surface area contributed by atoms with Gasteiger partial charge in [0.1, 0.15) is 10.8 Å². The van der Waals surface area contributed by atoms with E-state index >= 15 is 0 Å². The van der Waals surface area contributed by atoms with E-state index in [2.05, 4.69) is 16.7 Å². The molecule has 176 valence electrons. The zero-order valence-corrected chi connectivity index (χ0v) is 20.8. The van der Waals surface area contributed by atoms with Crippen LogP contribution in [0.25, 0.3) is 22.7 Å². The zero-order chi connectivity index (χ0) is 24.2. The van der Waals surface area contributed by atoms with Gasteiger partial charge in [-0.05, 0) is 49.8 Å². The van der Waals surface area contributed by atoms with Crippen molar-refractivity contribution < 1.29 is 14.3 Å². The largest absolute Gasteiger partial charge is 0.490 e. The Bertz CT molecular complexity index is 1350. The van der Waals surface area contributed by atoms with E-state index < -0.39 is 0 Å². The van der Waals surface area contributed by atoms with Gasteiger partial charge in [0.15, 0.2) is 18.1 Å². The number of hydrogen-bond donors (Lipinski definition) is 0. The molecule has 2 aromatic heterocycles. The fraction of sp³-hybridized carbons (Fsp3) is 0.269. The lowest BCUT2D eigenvalue weighted by Crippen LogP contribution is -2.27. The third-order valence-electron chi connectivity index (χ3n) is 5.31. The summed E-state index contributed by atoms with van der Waals surface area (Å²) in [5.41, 5.74) is 4.80. The number of carbonyl (C=O) groups is 1. The van der Waals surface area contributed by atoms with Crippen LogP contribution >= 0.6 is 11.3 Å². The maximum Gasteiger partial charge on any atom is 0.259 e. The predicted octanol–water partition coefficient (Wildman–Crippen LogP) is 4.79. The Balaban J connectivity index is 1.77. The minimum atomic E-state index is -0.116. The summed E-state index contributed by atoms with van der Waals surface area (Å²) in [6.07, 6.45) is 2.07. The lowest BCUT2D eigenvalue weighted by atomic mass is 10.1. The molecule has 0 aliphatic carbocycles. The molecule has 0 unspecified atom stereocenters. The number of benzene rings is 2. The van der Waals surface area contributed by atoms with Crippen molar-refractivity contribution in [1.82, 2.24) is 19.4 Å². The van der Waals surface area contributed by atoms with E-state index in [1.54, 1.807) is 25.4 Å². The van der Waals surface area contributed by atoms with Crippen LogP contribution in [-0.2, 0) is 11.8 Å². The average molecular weight is 477 g/mol. The Kier molecular flexibility index (Phi) is 6.98. The maximum absolute atomic E-state index is 12.0. The summed E-state index contributed by atoms with van der Waals surface area (Å²) in [5, 5.41) is 2.93. The highest BCUT2D eigenvalue weighted by Gasteiger charge is 2.18. The second kappa shape index (κ2) is 10.1. The van der Waals surface area contributed by atoms with Gasteiger partial charge in [-0.15, -0.1) is 11.3 Å². The van der Waals surface area contributed by atoms with Crippen molar-refractivity contribution in [3.8, 4) is 11.5 Å². The highest BCUT2D eigenvalue weighted by Crippen LogP contribution is 2.33. The first-order valence-electron chi connectivity index (χ1n) is 11.0. The first kappa shape index (κ1) is 23.5. The summed E-state index contributed by atoms with van der Waals surface area (Å²) in [6, 6.07) is 13.8. The van der Waals surface area contributed by atoms with Gasteiger partial charge in [-0.25, -0.2) is 9.97 Å². The third-order valence-corrected chi connectivity index (χ3v) is 6.30. The summed E-state index contributed by atoms with van der Waals surface area (Å²) in [4.78, 5) is 23.1. The van der Waals surface area contributed by atoms with Crippen LogP contribution in [0.3, 0.4) is 0 Å². The molecule has 8 heteroatoms. The maximum atomic E-state index is 12.0. The van der Waals surface area contributed by atoms with Crippen LogP contribution in [0.4, 0.5) is 0 Å². The molecule has 0 atom stereocenters. The molecule has 0 saturated heterocycles. The second-order valence-electron chi connectivity index (χ2n) is 8.05. The Labute approximate surface area is 203 Å². The number of carbonyl (C=O) groups excluding carboxylic acids is 1. The van der Waals surface area contributed by atoms with Crippen molar-refractivity contribution in [2.24, 2.45) is 7.05 Å². The third kappa shape index (κ3) is 4.97. The number of rotatable bonds is 8. The van der Waals surface area contributed by atoms with E-state index in [-0.39, 0.29) is 12.5 Å². The van der Waals surface area contributed by atoms with E-state index in [0.717, 1.165) is 38.7 Å². The molecule has 0 saturated carbocycles. The van der Waals surface area contributed by atoms with E-state index in [1.807, 2.05) is 62.7 Å². The summed E-state index contributed by atoms with van der Waals surface area (Å²) < 4.78 is 13.7. The molecule has 2 heterocycles. The van der Waals surface area contributed by atoms with E-state index in [0.29, 0.717) is 18.1 Å². The lowest BCUT2D eigenvalue weighted by molar-refractivity contribution is -0.130. The normalized spacial score (nSPS) is 11.6. The lowest BCUT2D eigenvalue weighted by Gasteiger charge is -2.15. The number of likely N-dealkylation sites (N-methyl/N-ethyl adjacent to an activating group) is 1. The summed E-state index contributed by atoms with van der Waals surface area (Å²) in [6.45, 7) is 4.33. The number of fused-ring (bicyclic) bond motifs is 1. The Morgan fingerprint density at radius 1 is 1.12 bits per heavy atom. The van der Waals surface area contributed by atoms with Gasteiger partial charge in [0, 0.05) is 32.2 Å². The van der Waals surface area contributed by atoms with Crippen LogP contribution in [0, 0.1) is 6.92 Å². The minimum absolute atomic E-state index is 0.0498. The SMILES string of the molecule is CCOc1cc(C=C(c2nc(C)cs2)c2nc3ccccc3n2C)ccc1OCC(=O)N(C)C. The monoisotopic (exact) mass is 476 g/mol. The van der Waals surface area contributed by atoms with Crippen molar-refractivity contribution >= 4 is 39.9 Å². The Hall–Kier alpha value is -3.65. The van der Waals surface area contributed by atoms with Crippen molar-refractivity contribution in [2.75, 3.05) is 27.3 Å². The molecular formula is C26H28N4O3S. The average Bonchev–Trinajstić information content (AvgIpc) is 3.40. The van der Waals surface area contributed by atoms with Gasteiger partial charge in [-0.1, -0.05) is 18.2 Å². The van der Waals surface area contributed by atoms with Crippen molar-refractivity contribution in [1.29, 1.82) is 0 Å². The topological polar surface area (TPSA) is 69.5 Å². The molecule has 7 nitrogen and oxygen atoms in total. The number of aryl methyl sites for hydroxylation is 2. The first-order valence-corrected chi connectivity index (χ1v) is 11.9. The molecule has 2 aromatic carbocycles. The second-order valence-corrected chi connectivity index (χ2v) is 8.91. The van der Waals surface area contributed by atoms with Crippen molar-refractivity contribution in [3.05, 3.63) is 69.9 Å². The van der Waals surface area contributed by atoms with E-state index in [1.165, 1.54) is 4.90 Å². The van der Waals surface area contributed by atoms with Gasteiger partial charge in [0.2, 0.25) is 0 Å². The molecule has 0 fully saturated rings. The van der Waals surface area contributed by atoms with Gasteiger partial charge in [0.25, 0.3) is 5.91 Å². The number of para-hydroxylation sites is 2. The summed E-state index contributed by atoms with van der Waals surface area (Å²) in [7, 11) is 5.42. The number of hydrogen-bond acceptors (Lipinski definition) is 6. The Morgan fingerprint density at radius 3 is 2.59 bits per heavy atom. The number of amides is 1. The smallest absolute Gasteiger partial charge is 0.259 e. The zero-order valence-electron chi connectivity index (χ0n) is 20.0. The van der Waals surface area contributed by atoms with E-state index in [9.17, 15) is 4.79 Å². The van der Waals surface area contributed by atoms with Gasteiger partial charge in [-0.2, -0.15) is 0 Å². The fourth-order valence-electron chi connectivity index (χ4n) is 3.52. The molecule has 0 spiro atoms. The predicted molar refractivity (Wildman–Crippen MR) is 136 cm³/mol. The van der Waals surface area contributed by atoms with Gasteiger partial charge >= 0.3 is 0 Å². The molecule has 4 rings (SSSR count). The van der Waals surface area contributed by atoms with Crippen LogP contribution in [0.15, 0.2) is 47.8 Å². The number of thiazole rings is 1. The van der Waals surface area contributed by atoms with Gasteiger partial charge < -0.3 is 18.9 Å². The molecule has 34 heavy (non-hydrogen) atoms. The van der Waals surface area contributed by atoms with Crippen LogP contribution in [0.2, 0.25) is 0 Å². The highest BCUT2D eigenvalue weighted by atomic mass is 32.1. The summed E-state index contributed by atoms with van der Waals surface area (Å²) >= 11 is 1.59. The number of nitrogens with zero attached hydrogens (tertiary/aromatic N) is 4.